The normalized spacial score (nSPS) is 18.4. The summed E-state index contributed by atoms with van der Waals surface area (Å²) >= 11 is 0. The van der Waals surface area contributed by atoms with E-state index in [-0.39, 0.29) is 17.7 Å². The van der Waals surface area contributed by atoms with E-state index in [1.165, 1.54) is 0 Å². The number of carbonyl (C=O) groups is 1. The molecule has 1 saturated heterocycles. The molecule has 0 radical (unpaired) electrons. The van der Waals surface area contributed by atoms with Crippen molar-refractivity contribution in [2.75, 3.05) is 13.1 Å². The molecule has 0 saturated carbocycles. The molecule has 1 amide bonds. The Balaban J connectivity index is 1.41. The molecule has 1 aliphatic heterocycles. The highest BCUT2D eigenvalue weighted by molar-refractivity contribution is 5.69. The molecule has 1 fully saturated rings. The van der Waals surface area contributed by atoms with Crippen molar-refractivity contribution in [2.45, 2.75) is 64.2 Å². The molecule has 0 unspecified atom stereocenters. The minimum absolute atomic E-state index is 0.00801. The van der Waals surface area contributed by atoms with Gasteiger partial charge in [-0.2, -0.15) is 0 Å². The van der Waals surface area contributed by atoms with Crippen molar-refractivity contribution in [1.29, 1.82) is 0 Å². The lowest BCUT2D eigenvalue weighted by atomic mass is 9.80. The number of nitrogens with zero attached hydrogens (tertiary/aromatic N) is 2. The lowest BCUT2D eigenvalue weighted by Crippen LogP contribution is -2.51. The highest BCUT2D eigenvalue weighted by Gasteiger charge is 2.45. The Kier molecular flexibility index (Phi) is 7.36. The number of amides is 1. The van der Waals surface area contributed by atoms with E-state index in [2.05, 4.69) is 0 Å². The van der Waals surface area contributed by atoms with Crippen molar-refractivity contribution in [2.24, 2.45) is 0 Å². The fraction of sp³-hybridized carbons (Fsp3) is 0.400. The van der Waals surface area contributed by atoms with Gasteiger partial charge in [-0.05, 0) is 62.4 Å². The third-order valence-electron chi connectivity index (χ3n) is 6.81. The van der Waals surface area contributed by atoms with Crippen LogP contribution in [-0.4, -0.2) is 39.4 Å². The monoisotopic (exact) mass is 488 g/mol. The van der Waals surface area contributed by atoms with Gasteiger partial charge in [0.15, 0.2) is 0 Å². The van der Waals surface area contributed by atoms with Crippen LogP contribution < -0.4 is 5.56 Å². The van der Waals surface area contributed by atoms with Gasteiger partial charge in [0.2, 0.25) is 0 Å². The SMILES string of the molecule is CC(C)n1ccc(-c2ccc(CCN3CC[C@](CC(C)(C)O)(c4ccccc4)OC3=O)cc2)cc1=O. The van der Waals surface area contributed by atoms with E-state index in [0.29, 0.717) is 32.4 Å². The summed E-state index contributed by atoms with van der Waals surface area (Å²) in [5.74, 6) is 0. The molecular weight excluding hydrogens is 452 g/mol. The molecule has 0 aliphatic carbocycles. The van der Waals surface area contributed by atoms with E-state index in [1.54, 1.807) is 29.4 Å². The van der Waals surface area contributed by atoms with Crippen LogP contribution in [0.1, 0.15) is 57.7 Å². The number of pyridine rings is 1. The summed E-state index contributed by atoms with van der Waals surface area (Å²) in [5.41, 5.74) is 2.09. The molecule has 6 heteroatoms. The van der Waals surface area contributed by atoms with E-state index < -0.39 is 11.2 Å². The van der Waals surface area contributed by atoms with Crippen LogP contribution in [0.4, 0.5) is 4.79 Å². The van der Waals surface area contributed by atoms with Crippen molar-refractivity contribution in [3.8, 4) is 11.1 Å². The lowest BCUT2D eigenvalue weighted by Gasteiger charge is -2.44. The third kappa shape index (κ3) is 5.88. The Labute approximate surface area is 213 Å². The number of aromatic nitrogens is 1. The summed E-state index contributed by atoms with van der Waals surface area (Å²) in [4.78, 5) is 27.1. The summed E-state index contributed by atoms with van der Waals surface area (Å²) < 4.78 is 7.76. The third-order valence-corrected chi connectivity index (χ3v) is 6.81. The number of aliphatic hydroxyl groups is 1. The van der Waals surface area contributed by atoms with Crippen molar-refractivity contribution in [1.82, 2.24) is 9.47 Å². The maximum absolute atomic E-state index is 13.0. The molecule has 1 aromatic heterocycles. The Morgan fingerprint density at radius 3 is 2.28 bits per heavy atom. The molecule has 2 heterocycles. The number of hydrogen-bond donors (Lipinski definition) is 1. The first kappa shape index (κ1) is 25.7. The first-order valence-electron chi connectivity index (χ1n) is 12.6. The summed E-state index contributed by atoms with van der Waals surface area (Å²) in [5, 5.41) is 10.5. The fourth-order valence-corrected chi connectivity index (χ4v) is 4.99. The van der Waals surface area contributed by atoms with Crippen LogP contribution in [0.15, 0.2) is 77.7 Å². The second kappa shape index (κ2) is 10.3. The maximum atomic E-state index is 13.0. The molecule has 2 aromatic carbocycles. The van der Waals surface area contributed by atoms with Crippen LogP contribution in [0.5, 0.6) is 0 Å². The van der Waals surface area contributed by atoms with Gasteiger partial charge in [0.05, 0.1) is 5.60 Å². The van der Waals surface area contributed by atoms with Crippen molar-refractivity contribution in [3.63, 3.8) is 0 Å². The molecule has 4 rings (SSSR count). The van der Waals surface area contributed by atoms with Crippen LogP contribution in [0, 0.1) is 0 Å². The molecule has 6 nitrogen and oxygen atoms in total. The fourth-order valence-electron chi connectivity index (χ4n) is 4.99. The molecule has 3 aromatic rings. The molecule has 36 heavy (non-hydrogen) atoms. The van der Waals surface area contributed by atoms with Crippen LogP contribution in [0.25, 0.3) is 11.1 Å². The van der Waals surface area contributed by atoms with Gasteiger partial charge in [0.1, 0.15) is 5.60 Å². The van der Waals surface area contributed by atoms with Gasteiger partial charge in [-0.1, -0.05) is 54.6 Å². The number of benzene rings is 2. The van der Waals surface area contributed by atoms with Gasteiger partial charge in [0, 0.05) is 44.2 Å². The predicted octanol–water partition coefficient (Wildman–Crippen LogP) is 5.54. The average Bonchev–Trinajstić information content (AvgIpc) is 2.83. The summed E-state index contributed by atoms with van der Waals surface area (Å²) in [6.45, 7) is 8.59. The average molecular weight is 489 g/mol. The van der Waals surface area contributed by atoms with E-state index in [0.717, 1.165) is 22.3 Å². The van der Waals surface area contributed by atoms with Crippen LogP contribution >= 0.6 is 0 Å². The van der Waals surface area contributed by atoms with Gasteiger partial charge in [0.25, 0.3) is 5.56 Å². The second-order valence-corrected chi connectivity index (χ2v) is 10.7. The number of cyclic esters (lactones) is 1. The maximum Gasteiger partial charge on any atom is 0.410 e. The summed E-state index contributed by atoms with van der Waals surface area (Å²) in [6.07, 6.45) is 3.15. The van der Waals surface area contributed by atoms with E-state index >= 15 is 0 Å². The number of hydrogen-bond acceptors (Lipinski definition) is 4. The molecule has 190 valence electrons. The van der Waals surface area contributed by atoms with E-state index in [1.807, 2.05) is 80.7 Å². The molecule has 0 bridgehead atoms. The Bertz CT molecular complexity index is 1240. The molecule has 1 atom stereocenters. The Morgan fingerprint density at radius 2 is 1.69 bits per heavy atom. The van der Waals surface area contributed by atoms with Crippen LogP contribution in [0.3, 0.4) is 0 Å². The first-order chi connectivity index (χ1) is 17.1. The highest BCUT2D eigenvalue weighted by Crippen LogP contribution is 2.40. The highest BCUT2D eigenvalue weighted by atomic mass is 16.6. The minimum Gasteiger partial charge on any atom is -0.438 e. The molecular formula is C30H36N2O4. The zero-order chi connectivity index (χ0) is 25.9. The first-order valence-corrected chi connectivity index (χ1v) is 12.6. The molecule has 1 aliphatic rings. The molecule has 0 spiro atoms. The van der Waals surface area contributed by atoms with Gasteiger partial charge >= 0.3 is 6.09 Å². The Morgan fingerprint density at radius 1 is 1.00 bits per heavy atom. The zero-order valence-electron chi connectivity index (χ0n) is 21.6. The second-order valence-electron chi connectivity index (χ2n) is 10.7. The lowest BCUT2D eigenvalue weighted by molar-refractivity contribution is -0.0960. The summed E-state index contributed by atoms with van der Waals surface area (Å²) in [7, 11) is 0. The van der Waals surface area contributed by atoms with Gasteiger partial charge in [-0.25, -0.2) is 4.79 Å². The zero-order valence-corrected chi connectivity index (χ0v) is 21.6. The van der Waals surface area contributed by atoms with Crippen molar-refractivity contribution in [3.05, 3.63) is 94.4 Å². The predicted molar refractivity (Wildman–Crippen MR) is 142 cm³/mol. The quantitative estimate of drug-likeness (QED) is 0.452. The van der Waals surface area contributed by atoms with Crippen LogP contribution in [-0.2, 0) is 16.8 Å². The van der Waals surface area contributed by atoms with Gasteiger partial charge < -0.3 is 19.3 Å². The van der Waals surface area contributed by atoms with E-state index in [4.69, 9.17) is 4.74 Å². The summed E-state index contributed by atoms with van der Waals surface area (Å²) in [6, 6.07) is 21.6. The van der Waals surface area contributed by atoms with Crippen LogP contribution in [0.2, 0.25) is 0 Å². The van der Waals surface area contributed by atoms with Gasteiger partial charge in [-0.15, -0.1) is 0 Å². The minimum atomic E-state index is -0.972. The largest absolute Gasteiger partial charge is 0.438 e. The number of carbonyl (C=O) groups excluding carboxylic acids is 1. The van der Waals surface area contributed by atoms with Gasteiger partial charge in [-0.3, -0.25) is 4.79 Å². The van der Waals surface area contributed by atoms with Crippen molar-refractivity contribution < 1.29 is 14.6 Å². The Hall–Kier alpha value is -3.38. The van der Waals surface area contributed by atoms with Crippen molar-refractivity contribution >= 4 is 6.09 Å². The standard InChI is InChI=1S/C30H36N2O4/c1-22(2)32-18-15-25(20-27(32)33)24-12-10-23(11-13-24)14-17-31-19-16-30(36-28(31)34,21-29(3,4)35)26-8-6-5-7-9-26/h5-13,15,18,20,22,35H,14,16-17,19,21H2,1-4H3/t30-/m0/s1. The number of rotatable bonds is 8. The number of ether oxygens (including phenoxy) is 1. The smallest absolute Gasteiger partial charge is 0.410 e. The van der Waals surface area contributed by atoms with E-state index in [9.17, 15) is 14.7 Å². The molecule has 1 N–H and O–H groups in total. The topological polar surface area (TPSA) is 71.8 Å².